The molecule has 0 radical (unpaired) electrons. The third-order valence-electron chi connectivity index (χ3n) is 2.91. The van der Waals surface area contributed by atoms with Gasteiger partial charge in [-0.1, -0.05) is 13.8 Å². The van der Waals surface area contributed by atoms with Gasteiger partial charge in [-0.05, 0) is 34.8 Å². The molecule has 2 aromatic rings. The van der Waals surface area contributed by atoms with Crippen molar-refractivity contribution in [2.45, 2.75) is 33.2 Å². The molecule has 2 aromatic heterocycles. The molecule has 0 amide bonds. The van der Waals surface area contributed by atoms with Crippen LogP contribution in [0.15, 0.2) is 16.7 Å². The fourth-order valence-electron chi connectivity index (χ4n) is 1.90. The van der Waals surface area contributed by atoms with Crippen molar-refractivity contribution in [3.8, 4) is 11.5 Å². The smallest absolute Gasteiger partial charge is 0.180 e. The normalized spacial score (nSPS) is 11.1. The second kappa shape index (κ2) is 5.69. The van der Waals surface area contributed by atoms with E-state index in [1.165, 1.54) is 0 Å². The van der Waals surface area contributed by atoms with Gasteiger partial charge in [0.1, 0.15) is 11.5 Å². The largest absolute Gasteiger partial charge is 0.372 e. The predicted octanol–water partition coefficient (Wildman–Crippen LogP) is 3.29. The van der Waals surface area contributed by atoms with Crippen molar-refractivity contribution < 1.29 is 0 Å². The van der Waals surface area contributed by atoms with E-state index in [1.54, 1.807) is 6.20 Å². The number of rotatable bonds is 4. The van der Waals surface area contributed by atoms with E-state index in [-0.39, 0.29) is 0 Å². The molecule has 1 N–H and O–H groups in total. The van der Waals surface area contributed by atoms with Crippen LogP contribution in [0.1, 0.15) is 32.4 Å². The topological polar surface area (TPSA) is 55.6 Å². The molecule has 0 saturated carbocycles. The Bertz CT molecular complexity index is 576. The van der Waals surface area contributed by atoms with Crippen molar-refractivity contribution in [2.75, 3.05) is 12.4 Å². The highest BCUT2D eigenvalue weighted by atomic mass is 79.9. The minimum atomic E-state index is 0.321. The van der Waals surface area contributed by atoms with Crippen molar-refractivity contribution in [1.82, 2.24) is 19.7 Å². The Hall–Kier alpha value is -1.43. The second-order valence-electron chi connectivity index (χ2n) is 4.53. The van der Waals surface area contributed by atoms with Crippen LogP contribution in [-0.4, -0.2) is 26.8 Å². The molecule has 0 saturated heterocycles. The van der Waals surface area contributed by atoms with E-state index in [9.17, 15) is 0 Å². The zero-order valence-electron chi connectivity index (χ0n) is 11.6. The zero-order valence-corrected chi connectivity index (χ0v) is 13.2. The predicted molar refractivity (Wildman–Crippen MR) is 80.3 cm³/mol. The molecule has 2 heterocycles. The summed E-state index contributed by atoms with van der Waals surface area (Å²) in [5.74, 6) is 1.83. The van der Waals surface area contributed by atoms with E-state index in [4.69, 9.17) is 0 Å². The van der Waals surface area contributed by atoms with Gasteiger partial charge in [0, 0.05) is 19.8 Å². The van der Waals surface area contributed by atoms with Crippen LogP contribution in [0.3, 0.4) is 0 Å². The summed E-state index contributed by atoms with van der Waals surface area (Å²) in [7, 11) is 1.86. The van der Waals surface area contributed by atoms with Crippen LogP contribution in [0, 0.1) is 0 Å². The molecule has 2 rings (SSSR count). The van der Waals surface area contributed by atoms with Gasteiger partial charge in [0.05, 0.1) is 10.2 Å². The van der Waals surface area contributed by atoms with E-state index in [0.717, 1.165) is 28.2 Å². The number of hydrogen-bond donors (Lipinski definition) is 1. The maximum Gasteiger partial charge on any atom is 0.180 e. The van der Waals surface area contributed by atoms with Crippen molar-refractivity contribution >= 4 is 21.7 Å². The van der Waals surface area contributed by atoms with Crippen molar-refractivity contribution in [3.63, 3.8) is 0 Å². The van der Waals surface area contributed by atoms with Crippen LogP contribution in [-0.2, 0) is 6.54 Å². The average molecular weight is 324 g/mol. The Kier molecular flexibility index (Phi) is 4.19. The first kappa shape index (κ1) is 14.0. The number of anilines is 1. The molecule has 0 aliphatic heterocycles. The van der Waals surface area contributed by atoms with Gasteiger partial charge in [0.15, 0.2) is 5.82 Å². The number of aromatic nitrogens is 4. The monoisotopic (exact) mass is 323 g/mol. The molecule has 19 heavy (non-hydrogen) atoms. The lowest BCUT2D eigenvalue weighted by molar-refractivity contribution is 0.662. The maximum atomic E-state index is 4.67. The lowest BCUT2D eigenvalue weighted by atomic mass is 10.1. The third kappa shape index (κ3) is 2.63. The number of nitrogens with one attached hydrogen (secondary N) is 1. The molecule has 102 valence electrons. The molecule has 0 aliphatic carbocycles. The van der Waals surface area contributed by atoms with E-state index in [1.807, 2.05) is 17.8 Å². The zero-order chi connectivity index (χ0) is 14.0. The molecule has 0 aliphatic rings. The maximum absolute atomic E-state index is 4.67. The van der Waals surface area contributed by atoms with Crippen LogP contribution in [0.5, 0.6) is 0 Å². The van der Waals surface area contributed by atoms with Gasteiger partial charge in [0.25, 0.3) is 0 Å². The Morgan fingerprint density at radius 3 is 2.68 bits per heavy atom. The Morgan fingerprint density at radius 1 is 1.37 bits per heavy atom. The summed E-state index contributed by atoms with van der Waals surface area (Å²) in [5.41, 5.74) is 1.94. The molecule has 6 heteroatoms. The number of halogens is 1. The molecule has 0 spiro atoms. The van der Waals surface area contributed by atoms with Gasteiger partial charge in [-0.2, -0.15) is 5.10 Å². The fraction of sp³-hybridized carbons (Fsp3) is 0.462. The van der Waals surface area contributed by atoms with Gasteiger partial charge in [-0.25, -0.2) is 9.97 Å². The average Bonchev–Trinajstić information content (AvgIpc) is 2.87. The van der Waals surface area contributed by atoms with Gasteiger partial charge in [-0.15, -0.1) is 0 Å². The molecule has 5 nitrogen and oxygen atoms in total. The van der Waals surface area contributed by atoms with E-state index < -0.39 is 0 Å². The highest BCUT2D eigenvalue weighted by Crippen LogP contribution is 2.31. The SMILES string of the molecule is CCn1nccc1-c1nc(NC)c(Br)c(C(C)C)n1. The summed E-state index contributed by atoms with van der Waals surface area (Å²) in [5, 5.41) is 7.37. The molecule has 0 fully saturated rings. The number of aryl methyl sites for hydroxylation is 1. The summed E-state index contributed by atoms with van der Waals surface area (Å²) >= 11 is 3.57. The van der Waals surface area contributed by atoms with Crippen LogP contribution >= 0.6 is 15.9 Å². The highest BCUT2D eigenvalue weighted by molar-refractivity contribution is 9.10. The summed E-state index contributed by atoms with van der Waals surface area (Å²) in [6.07, 6.45) is 1.78. The van der Waals surface area contributed by atoms with E-state index >= 15 is 0 Å². The summed E-state index contributed by atoms with van der Waals surface area (Å²) in [4.78, 5) is 9.23. The van der Waals surface area contributed by atoms with Gasteiger partial charge < -0.3 is 5.32 Å². The Balaban J connectivity index is 2.61. The van der Waals surface area contributed by atoms with E-state index in [2.05, 4.69) is 57.1 Å². The lowest BCUT2D eigenvalue weighted by Gasteiger charge is -2.13. The van der Waals surface area contributed by atoms with Crippen LogP contribution in [0.25, 0.3) is 11.5 Å². The minimum absolute atomic E-state index is 0.321. The summed E-state index contributed by atoms with van der Waals surface area (Å²) < 4.78 is 2.82. The number of nitrogens with zero attached hydrogens (tertiary/aromatic N) is 4. The number of hydrogen-bond acceptors (Lipinski definition) is 4. The molecular formula is C13H18BrN5. The standard InChI is InChI=1S/C13H18BrN5/c1-5-19-9(6-7-16-19)12-17-11(8(2)3)10(14)13(15-4)18-12/h6-8H,5H2,1-4H3,(H,15,17,18). The van der Waals surface area contributed by atoms with Crippen LogP contribution in [0.4, 0.5) is 5.82 Å². The first-order valence-corrected chi connectivity index (χ1v) is 7.15. The van der Waals surface area contributed by atoms with Crippen molar-refractivity contribution in [3.05, 3.63) is 22.4 Å². The summed E-state index contributed by atoms with van der Waals surface area (Å²) in [6, 6.07) is 1.94. The highest BCUT2D eigenvalue weighted by Gasteiger charge is 2.16. The first-order chi connectivity index (χ1) is 9.08. The van der Waals surface area contributed by atoms with Gasteiger partial charge >= 0.3 is 0 Å². The molecule has 0 atom stereocenters. The van der Waals surface area contributed by atoms with Gasteiger partial charge in [-0.3, -0.25) is 4.68 Å². The van der Waals surface area contributed by atoms with Crippen LogP contribution < -0.4 is 5.32 Å². The Morgan fingerprint density at radius 2 is 2.11 bits per heavy atom. The Labute approximate surface area is 121 Å². The molecular weight excluding hydrogens is 306 g/mol. The van der Waals surface area contributed by atoms with Crippen LogP contribution in [0.2, 0.25) is 0 Å². The minimum Gasteiger partial charge on any atom is -0.372 e. The first-order valence-electron chi connectivity index (χ1n) is 6.35. The lowest BCUT2D eigenvalue weighted by Crippen LogP contribution is -2.07. The second-order valence-corrected chi connectivity index (χ2v) is 5.32. The quantitative estimate of drug-likeness (QED) is 0.938. The fourth-order valence-corrected chi connectivity index (χ4v) is 2.74. The van der Waals surface area contributed by atoms with E-state index in [0.29, 0.717) is 11.7 Å². The summed E-state index contributed by atoms with van der Waals surface area (Å²) in [6.45, 7) is 7.09. The molecule has 0 aromatic carbocycles. The molecule has 0 bridgehead atoms. The molecule has 0 unspecified atom stereocenters. The van der Waals surface area contributed by atoms with Crippen molar-refractivity contribution in [2.24, 2.45) is 0 Å². The van der Waals surface area contributed by atoms with Crippen molar-refractivity contribution in [1.29, 1.82) is 0 Å². The van der Waals surface area contributed by atoms with Gasteiger partial charge in [0.2, 0.25) is 0 Å². The third-order valence-corrected chi connectivity index (χ3v) is 3.69.